The number of hydrogen-bond acceptors (Lipinski definition) is 1. The number of rotatable bonds is 3. The van der Waals surface area contributed by atoms with Gasteiger partial charge in [-0.05, 0) is 18.6 Å². The van der Waals surface area contributed by atoms with Crippen molar-refractivity contribution in [3.05, 3.63) is 35.0 Å². The zero-order valence-electron chi connectivity index (χ0n) is 9.01. The second kappa shape index (κ2) is 4.58. The van der Waals surface area contributed by atoms with Crippen molar-refractivity contribution in [3.63, 3.8) is 0 Å². The van der Waals surface area contributed by atoms with Gasteiger partial charge in [0.05, 0.1) is 10.5 Å². The number of para-hydroxylation sites is 1. The number of hydrogen-bond donors (Lipinski definition) is 2. The van der Waals surface area contributed by atoms with Crippen LogP contribution in [0.2, 0.25) is 5.02 Å². The Bertz CT molecular complexity index is 519. The van der Waals surface area contributed by atoms with Crippen LogP contribution < -0.4 is 5.32 Å². The molecule has 3 nitrogen and oxygen atoms in total. The van der Waals surface area contributed by atoms with E-state index < -0.39 is 0 Å². The van der Waals surface area contributed by atoms with Gasteiger partial charge in [-0.1, -0.05) is 30.7 Å². The highest BCUT2D eigenvalue weighted by atomic mass is 35.5. The Morgan fingerprint density at radius 1 is 1.50 bits per heavy atom. The minimum atomic E-state index is -0.0888. The number of aromatic nitrogens is 1. The van der Waals surface area contributed by atoms with Gasteiger partial charge in [0.25, 0.3) is 5.91 Å². The number of H-pyrrole nitrogens is 1. The molecule has 0 atom stereocenters. The number of halogens is 1. The Hall–Kier alpha value is -1.48. The topological polar surface area (TPSA) is 44.9 Å². The SMILES string of the molecule is CCCNC(=O)c1cc2cccc(Cl)c2[nH]1. The maximum Gasteiger partial charge on any atom is 0.267 e. The van der Waals surface area contributed by atoms with Gasteiger partial charge in [-0.3, -0.25) is 4.79 Å². The molecule has 0 saturated heterocycles. The lowest BCUT2D eigenvalue weighted by Crippen LogP contribution is -2.24. The summed E-state index contributed by atoms with van der Waals surface area (Å²) in [5.74, 6) is -0.0888. The van der Waals surface area contributed by atoms with Gasteiger partial charge in [0.1, 0.15) is 5.69 Å². The summed E-state index contributed by atoms with van der Waals surface area (Å²) in [6.07, 6.45) is 0.923. The average molecular weight is 237 g/mol. The van der Waals surface area contributed by atoms with Gasteiger partial charge in [0.2, 0.25) is 0 Å². The first-order chi connectivity index (χ1) is 7.72. The second-order valence-electron chi connectivity index (χ2n) is 3.64. The maximum absolute atomic E-state index is 11.7. The van der Waals surface area contributed by atoms with E-state index in [1.807, 2.05) is 25.1 Å². The molecule has 0 saturated carbocycles. The Morgan fingerprint density at radius 2 is 2.31 bits per heavy atom. The van der Waals surface area contributed by atoms with E-state index in [0.29, 0.717) is 17.3 Å². The summed E-state index contributed by atoms with van der Waals surface area (Å²) in [5, 5.41) is 4.40. The minimum absolute atomic E-state index is 0.0888. The second-order valence-corrected chi connectivity index (χ2v) is 4.05. The number of fused-ring (bicyclic) bond motifs is 1. The third-order valence-electron chi connectivity index (χ3n) is 2.39. The predicted molar refractivity (Wildman–Crippen MR) is 65.9 cm³/mol. The number of amides is 1. The van der Waals surface area contributed by atoms with Crippen LogP contribution in [0.4, 0.5) is 0 Å². The summed E-state index contributed by atoms with van der Waals surface area (Å²) < 4.78 is 0. The summed E-state index contributed by atoms with van der Waals surface area (Å²) >= 11 is 6.02. The fraction of sp³-hybridized carbons (Fsp3) is 0.250. The molecule has 4 heteroatoms. The Labute approximate surface area is 98.8 Å². The van der Waals surface area contributed by atoms with Crippen LogP contribution in [0.15, 0.2) is 24.3 Å². The Balaban J connectivity index is 2.32. The fourth-order valence-electron chi connectivity index (χ4n) is 1.58. The molecular weight excluding hydrogens is 224 g/mol. The molecule has 1 aromatic carbocycles. The molecule has 0 aliphatic carbocycles. The van der Waals surface area contributed by atoms with Gasteiger partial charge in [0.15, 0.2) is 0 Å². The molecular formula is C12H13ClN2O. The highest BCUT2D eigenvalue weighted by molar-refractivity contribution is 6.35. The summed E-state index contributed by atoms with van der Waals surface area (Å²) in [6, 6.07) is 7.40. The first-order valence-corrected chi connectivity index (χ1v) is 5.65. The van der Waals surface area contributed by atoms with Crippen molar-refractivity contribution in [2.45, 2.75) is 13.3 Å². The van der Waals surface area contributed by atoms with E-state index in [9.17, 15) is 4.79 Å². The summed E-state index contributed by atoms with van der Waals surface area (Å²) in [5.41, 5.74) is 1.36. The third-order valence-corrected chi connectivity index (χ3v) is 2.70. The van der Waals surface area contributed by atoms with Crippen LogP contribution in [0.25, 0.3) is 10.9 Å². The van der Waals surface area contributed by atoms with Gasteiger partial charge < -0.3 is 10.3 Å². The third kappa shape index (κ3) is 2.04. The lowest BCUT2D eigenvalue weighted by Gasteiger charge is -1.99. The van der Waals surface area contributed by atoms with Gasteiger partial charge in [-0.25, -0.2) is 0 Å². The van der Waals surface area contributed by atoms with Crippen LogP contribution >= 0.6 is 11.6 Å². The molecule has 2 N–H and O–H groups in total. The molecule has 2 rings (SSSR count). The summed E-state index contributed by atoms with van der Waals surface area (Å²) in [6.45, 7) is 2.70. The molecule has 1 aromatic heterocycles. The molecule has 1 amide bonds. The molecule has 1 heterocycles. The van der Waals surface area contributed by atoms with Crippen molar-refractivity contribution in [2.24, 2.45) is 0 Å². The van der Waals surface area contributed by atoms with E-state index in [4.69, 9.17) is 11.6 Å². The number of carbonyl (C=O) groups excluding carboxylic acids is 1. The first-order valence-electron chi connectivity index (χ1n) is 5.28. The molecule has 16 heavy (non-hydrogen) atoms. The normalized spacial score (nSPS) is 10.6. The highest BCUT2D eigenvalue weighted by Crippen LogP contribution is 2.23. The minimum Gasteiger partial charge on any atom is -0.351 e. The number of nitrogens with one attached hydrogen (secondary N) is 2. The van der Waals surface area contributed by atoms with Crippen molar-refractivity contribution in [2.75, 3.05) is 6.54 Å². The number of carbonyl (C=O) groups is 1. The van der Waals surface area contributed by atoms with Crippen LogP contribution in [-0.2, 0) is 0 Å². The molecule has 0 fully saturated rings. The smallest absolute Gasteiger partial charge is 0.267 e. The lowest BCUT2D eigenvalue weighted by molar-refractivity contribution is 0.0949. The molecule has 0 radical (unpaired) electrons. The molecule has 0 aliphatic rings. The fourth-order valence-corrected chi connectivity index (χ4v) is 1.80. The van der Waals surface area contributed by atoms with E-state index in [2.05, 4.69) is 10.3 Å². The van der Waals surface area contributed by atoms with E-state index in [-0.39, 0.29) is 5.91 Å². The lowest BCUT2D eigenvalue weighted by atomic mass is 10.2. The Kier molecular flexibility index (Phi) is 3.15. The van der Waals surface area contributed by atoms with Gasteiger partial charge in [-0.2, -0.15) is 0 Å². The van der Waals surface area contributed by atoms with E-state index >= 15 is 0 Å². The predicted octanol–water partition coefficient (Wildman–Crippen LogP) is 2.96. The van der Waals surface area contributed by atoms with Crippen LogP contribution in [-0.4, -0.2) is 17.4 Å². The zero-order chi connectivity index (χ0) is 11.5. The molecule has 0 spiro atoms. The first kappa shape index (κ1) is 11.0. The van der Waals surface area contributed by atoms with Crippen molar-refractivity contribution in [3.8, 4) is 0 Å². The van der Waals surface area contributed by atoms with Crippen LogP contribution in [0.1, 0.15) is 23.8 Å². The standard InChI is InChI=1S/C12H13ClN2O/c1-2-6-14-12(16)10-7-8-4-3-5-9(13)11(8)15-10/h3-5,7,15H,2,6H2,1H3,(H,14,16). The quantitative estimate of drug-likeness (QED) is 0.846. The van der Waals surface area contributed by atoms with E-state index in [1.165, 1.54) is 0 Å². The largest absolute Gasteiger partial charge is 0.351 e. The van der Waals surface area contributed by atoms with Crippen molar-refractivity contribution in [1.82, 2.24) is 10.3 Å². The highest BCUT2D eigenvalue weighted by Gasteiger charge is 2.09. The monoisotopic (exact) mass is 236 g/mol. The van der Waals surface area contributed by atoms with E-state index in [1.54, 1.807) is 6.07 Å². The molecule has 2 aromatic rings. The molecule has 0 unspecified atom stereocenters. The molecule has 0 aliphatic heterocycles. The average Bonchev–Trinajstić information content (AvgIpc) is 2.71. The van der Waals surface area contributed by atoms with Gasteiger partial charge in [-0.15, -0.1) is 0 Å². The molecule has 84 valence electrons. The Morgan fingerprint density at radius 3 is 3.00 bits per heavy atom. The molecule has 0 bridgehead atoms. The van der Waals surface area contributed by atoms with Crippen molar-refractivity contribution in [1.29, 1.82) is 0 Å². The zero-order valence-corrected chi connectivity index (χ0v) is 9.77. The summed E-state index contributed by atoms with van der Waals surface area (Å²) in [4.78, 5) is 14.7. The van der Waals surface area contributed by atoms with E-state index in [0.717, 1.165) is 17.3 Å². The van der Waals surface area contributed by atoms with Crippen LogP contribution in [0, 0.1) is 0 Å². The van der Waals surface area contributed by atoms with Gasteiger partial charge >= 0.3 is 0 Å². The van der Waals surface area contributed by atoms with Crippen LogP contribution in [0.3, 0.4) is 0 Å². The van der Waals surface area contributed by atoms with Gasteiger partial charge in [0, 0.05) is 11.9 Å². The summed E-state index contributed by atoms with van der Waals surface area (Å²) in [7, 11) is 0. The van der Waals surface area contributed by atoms with Crippen molar-refractivity contribution < 1.29 is 4.79 Å². The van der Waals surface area contributed by atoms with Crippen molar-refractivity contribution >= 4 is 28.4 Å². The number of aromatic amines is 1. The number of benzene rings is 1. The van der Waals surface area contributed by atoms with Crippen LogP contribution in [0.5, 0.6) is 0 Å². The maximum atomic E-state index is 11.7.